The van der Waals surface area contributed by atoms with Crippen LogP contribution in [0.2, 0.25) is 0 Å². The Bertz CT molecular complexity index is 4050. The van der Waals surface area contributed by atoms with Gasteiger partial charge in [0.25, 0.3) is 0 Å². The summed E-state index contributed by atoms with van der Waals surface area (Å²) in [6.45, 7) is 10.5. The van der Waals surface area contributed by atoms with Crippen LogP contribution in [0.5, 0.6) is 0 Å². The highest BCUT2D eigenvalue weighted by atomic mass is 32.1. The predicted octanol–water partition coefficient (Wildman–Crippen LogP) is 19.7. The monoisotopic (exact) mass is 960 g/mol. The largest absolute Gasteiger partial charge is 0.454 e. The number of hydrogen-bond acceptors (Lipinski definition) is 7. The highest BCUT2D eigenvalue weighted by Gasteiger charge is 2.09. The standard InChI is InChI=1S/3C13H10S.2C12H9NO/c1-9-5-4-7-11-10-6-2-3-8-12(10)14-13(9)11;1-9-6-7-13-11(8-9)10-4-2-3-5-12(10)14-13;1-9-6-7-11-10-4-2-3-5-12(10)14-13(11)8-9;1-8-6-10-9-4-2-3-5-11(9)14-12(10)7-13-8;1-8-6-10-9-4-2-3-5-11(9)14-12(10)13-7-8/h3*2-8H,1H3;2*2-7H,1H3. The molecule has 0 atom stereocenters. The quantitative estimate of drug-likeness (QED) is 0.152. The Morgan fingerprint density at radius 1 is 0.314 bits per heavy atom. The van der Waals surface area contributed by atoms with E-state index in [1.165, 1.54) is 77.2 Å². The molecular formula is C63H48N2O2S3. The number of pyridine rings is 2. The van der Waals surface area contributed by atoms with Crippen LogP contribution in [0.1, 0.15) is 27.9 Å². The molecule has 0 bridgehead atoms. The van der Waals surface area contributed by atoms with Crippen LogP contribution in [0.3, 0.4) is 0 Å². The predicted molar refractivity (Wildman–Crippen MR) is 305 cm³/mol. The number of aromatic nitrogens is 2. The molecule has 70 heavy (non-hydrogen) atoms. The average Bonchev–Trinajstić information content (AvgIpc) is 4.21. The van der Waals surface area contributed by atoms with E-state index in [0.717, 1.165) is 55.3 Å². The van der Waals surface area contributed by atoms with Crippen LogP contribution in [0, 0.1) is 34.6 Å². The molecule has 0 unspecified atom stereocenters. The van der Waals surface area contributed by atoms with Gasteiger partial charge < -0.3 is 8.83 Å². The lowest BCUT2D eigenvalue weighted by Crippen LogP contribution is -1.76. The van der Waals surface area contributed by atoms with Crippen LogP contribution in [-0.2, 0) is 0 Å². The normalized spacial score (nSPS) is 11.2. The molecule has 0 aliphatic carbocycles. The molecule has 8 aromatic carbocycles. The van der Waals surface area contributed by atoms with Crippen molar-refractivity contribution in [2.75, 3.05) is 0 Å². The Morgan fingerprint density at radius 2 is 0.829 bits per heavy atom. The maximum atomic E-state index is 5.64. The molecule has 7 aromatic heterocycles. The van der Waals surface area contributed by atoms with Crippen molar-refractivity contribution in [3.8, 4) is 0 Å². The van der Waals surface area contributed by atoms with E-state index in [2.05, 4.69) is 182 Å². The zero-order chi connectivity index (χ0) is 47.7. The third-order valence-corrected chi connectivity index (χ3v) is 16.0. The number of aryl methyl sites for hydroxylation is 5. The highest BCUT2D eigenvalue weighted by molar-refractivity contribution is 7.26. The zero-order valence-electron chi connectivity index (χ0n) is 39.5. The van der Waals surface area contributed by atoms with E-state index in [4.69, 9.17) is 8.83 Å². The van der Waals surface area contributed by atoms with Crippen molar-refractivity contribution in [1.29, 1.82) is 0 Å². The lowest BCUT2D eigenvalue weighted by atomic mass is 10.1. The van der Waals surface area contributed by atoms with Crippen molar-refractivity contribution in [1.82, 2.24) is 9.97 Å². The zero-order valence-corrected chi connectivity index (χ0v) is 41.9. The molecule has 7 heterocycles. The summed E-state index contributed by atoms with van der Waals surface area (Å²) < 4.78 is 19.6. The van der Waals surface area contributed by atoms with Crippen LogP contribution >= 0.6 is 34.0 Å². The van der Waals surface area contributed by atoms with Crippen LogP contribution in [0.25, 0.3) is 105 Å². The number of fused-ring (bicyclic) bond motifs is 15. The molecule has 0 fully saturated rings. The summed E-state index contributed by atoms with van der Waals surface area (Å²) in [7, 11) is 0. The van der Waals surface area contributed by atoms with Crippen LogP contribution < -0.4 is 0 Å². The summed E-state index contributed by atoms with van der Waals surface area (Å²) in [6.07, 6.45) is 3.61. The summed E-state index contributed by atoms with van der Waals surface area (Å²) in [4.78, 5) is 8.46. The van der Waals surface area contributed by atoms with E-state index in [9.17, 15) is 0 Å². The second-order valence-electron chi connectivity index (χ2n) is 17.6. The van der Waals surface area contributed by atoms with Gasteiger partial charge in [-0.2, -0.15) is 0 Å². The number of thiophene rings is 3. The van der Waals surface area contributed by atoms with Gasteiger partial charge in [-0.1, -0.05) is 133 Å². The van der Waals surface area contributed by atoms with Crippen molar-refractivity contribution in [3.05, 3.63) is 228 Å². The van der Waals surface area contributed by atoms with Gasteiger partial charge in [-0.05, 0) is 112 Å². The molecule has 0 saturated carbocycles. The van der Waals surface area contributed by atoms with Gasteiger partial charge in [0.05, 0.1) is 6.20 Å². The van der Waals surface area contributed by atoms with Crippen molar-refractivity contribution < 1.29 is 8.83 Å². The topological polar surface area (TPSA) is 52.1 Å². The lowest BCUT2D eigenvalue weighted by Gasteiger charge is -1.93. The second-order valence-corrected chi connectivity index (χ2v) is 20.8. The molecule has 15 rings (SSSR count). The Kier molecular flexibility index (Phi) is 12.4. The van der Waals surface area contributed by atoms with E-state index in [-0.39, 0.29) is 0 Å². The Balaban J connectivity index is 0.0000000952. The van der Waals surface area contributed by atoms with Crippen LogP contribution in [-0.4, -0.2) is 9.97 Å². The van der Waals surface area contributed by atoms with E-state index < -0.39 is 0 Å². The molecule has 7 heteroatoms. The third kappa shape index (κ3) is 9.03. The van der Waals surface area contributed by atoms with Gasteiger partial charge in [-0.25, -0.2) is 4.98 Å². The molecule has 4 nitrogen and oxygen atoms in total. The number of furan rings is 2. The smallest absolute Gasteiger partial charge is 0.227 e. The van der Waals surface area contributed by atoms with E-state index in [1.54, 1.807) is 6.20 Å². The molecule has 15 aromatic rings. The van der Waals surface area contributed by atoms with Gasteiger partial charge in [-0.3, -0.25) is 4.98 Å². The second kappa shape index (κ2) is 19.4. The van der Waals surface area contributed by atoms with Gasteiger partial charge in [0.15, 0.2) is 5.58 Å². The first-order valence-corrected chi connectivity index (χ1v) is 25.8. The first kappa shape index (κ1) is 44.8. The third-order valence-electron chi connectivity index (χ3n) is 12.4. The van der Waals surface area contributed by atoms with Gasteiger partial charge >= 0.3 is 0 Å². The molecule has 340 valence electrons. The molecule has 0 aliphatic rings. The summed E-state index contributed by atoms with van der Waals surface area (Å²) in [5.41, 5.74) is 9.63. The van der Waals surface area contributed by atoms with E-state index in [1.807, 2.05) is 90.5 Å². The summed E-state index contributed by atoms with van der Waals surface area (Å²) in [6, 6.07) is 65.9. The number of benzene rings is 8. The van der Waals surface area contributed by atoms with Gasteiger partial charge in [0, 0.05) is 94.0 Å². The van der Waals surface area contributed by atoms with Crippen molar-refractivity contribution in [2.24, 2.45) is 0 Å². The van der Waals surface area contributed by atoms with Crippen LogP contribution in [0.15, 0.2) is 209 Å². The fourth-order valence-electron chi connectivity index (χ4n) is 9.01. The number of hydrogen-bond donors (Lipinski definition) is 0. The fourth-order valence-corrected chi connectivity index (χ4v) is 12.5. The molecule has 0 N–H and O–H groups in total. The summed E-state index contributed by atoms with van der Waals surface area (Å²) >= 11 is 5.63. The maximum Gasteiger partial charge on any atom is 0.227 e. The Labute approximate surface area is 417 Å². The van der Waals surface area contributed by atoms with Crippen LogP contribution in [0.4, 0.5) is 0 Å². The van der Waals surface area contributed by atoms with Gasteiger partial charge in [-0.15, -0.1) is 34.0 Å². The average molecular weight is 961 g/mol. The molecule has 0 radical (unpaired) electrons. The number of nitrogens with zero attached hydrogens (tertiary/aromatic N) is 2. The van der Waals surface area contributed by atoms with Crippen molar-refractivity contribution >= 4 is 139 Å². The molecule has 0 saturated heterocycles. The van der Waals surface area contributed by atoms with Gasteiger partial charge in [0.2, 0.25) is 5.71 Å². The first-order chi connectivity index (χ1) is 34.2. The Hall–Kier alpha value is -7.68. The molecule has 0 spiro atoms. The molecular weight excluding hydrogens is 913 g/mol. The minimum Gasteiger partial charge on any atom is -0.454 e. The summed E-state index contributed by atoms with van der Waals surface area (Å²) in [5.74, 6) is 0. The first-order valence-electron chi connectivity index (χ1n) is 23.3. The minimum atomic E-state index is 0.719. The number of para-hydroxylation sites is 2. The van der Waals surface area contributed by atoms with E-state index in [0.29, 0.717) is 0 Å². The summed E-state index contributed by atoms with van der Waals surface area (Å²) in [5, 5.41) is 12.9. The lowest BCUT2D eigenvalue weighted by molar-refractivity contribution is 0.654. The fraction of sp³-hybridized carbons (Fsp3) is 0.0794. The minimum absolute atomic E-state index is 0.719. The maximum absolute atomic E-state index is 5.64. The highest BCUT2D eigenvalue weighted by Crippen LogP contribution is 2.37. The van der Waals surface area contributed by atoms with Crippen molar-refractivity contribution in [3.63, 3.8) is 0 Å². The van der Waals surface area contributed by atoms with Crippen molar-refractivity contribution in [2.45, 2.75) is 34.6 Å². The Morgan fingerprint density at radius 3 is 1.56 bits per heavy atom. The SMILES string of the molecule is Cc1cc2c(cn1)oc1ccccc12.Cc1ccc2c(c1)sc1ccccc12.Cc1ccc2sc3ccccc3c2c1.Cc1cccc2c1sc1ccccc12.Cc1cnc2oc3ccccc3c2c1. The molecule has 0 aliphatic heterocycles. The van der Waals surface area contributed by atoms with Gasteiger partial charge in [0.1, 0.15) is 11.2 Å². The molecule has 0 amide bonds. The number of rotatable bonds is 0. The van der Waals surface area contributed by atoms with E-state index >= 15 is 0 Å².